The van der Waals surface area contributed by atoms with Crippen molar-refractivity contribution in [1.82, 2.24) is 20.2 Å². The highest BCUT2D eigenvalue weighted by Gasteiger charge is 2.49. The Bertz CT molecular complexity index is 1950. The van der Waals surface area contributed by atoms with E-state index >= 15 is 8.78 Å². The van der Waals surface area contributed by atoms with Crippen molar-refractivity contribution in [3.8, 4) is 29.5 Å². The molecular formula is C34H30F4N6O. The molecule has 2 unspecified atom stereocenters. The van der Waals surface area contributed by atoms with Gasteiger partial charge in [-0.1, -0.05) is 24.1 Å². The van der Waals surface area contributed by atoms with Gasteiger partial charge in [-0.2, -0.15) is 9.97 Å². The van der Waals surface area contributed by atoms with E-state index in [1.165, 1.54) is 18.2 Å². The third kappa shape index (κ3) is 4.50. The predicted molar refractivity (Wildman–Crippen MR) is 165 cm³/mol. The molecule has 0 amide bonds. The van der Waals surface area contributed by atoms with Crippen LogP contribution in [0.4, 0.5) is 29.1 Å². The number of fused-ring (bicyclic) bond motifs is 5. The predicted octanol–water partition coefficient (Wildman–Crippen LogP) is 5.10. The lowest BCUT2D eigenvalue weighted by Crippen LogP contribution is -2.52. The van der Waals surface area contributed by atoms with Gasteiger partial charge < -0.3 is 20.7 Å². The molecule has 4 aliphatic heterocycles. The molecule has 1 aromatic heterocycles. The molecule has 4 atom stereocenters. The minimum atomic E-state index is -0.953. The zero-order valence-electron chi connectivity index (χ0n) is 24.3. The summed E-state index contributed by atoms with van der Waals surface area (Å²) in [5.41, 5.74) is 5.55. The molecule has 7 nitrogen and oxygen atoms in total. The Morgan fingerprint density at radius 3 is 2.60 bits per heavy atom. The highest BCUT2D eigenvalue weighted by molar-refractivity contribution is 6.05. The molecule has 5 heterocycles. The maximum absolute atomic E-state index is 16.8. The van der Waals surface area contributed by atoms with Gasteiger partial charge >= 0.3 is 6.01 Å². The van der Waals surface area contributed by atoms with E-state index in [1.54, 1.807) is 6.07 Å². The molecule has 0 saturated carbocycles. The van der Waals surface area contributed by atoms with Gasteiger partial charge in [0.2, 0.25) is 0 Å². The van der Waals surface area contributed by atoms with Crippen LogP contribution in [0.5, 0.6) is 6.01 Å². The van der Waals surface area contributed by atoms with Crippen molar-refractivity contribution in [2.45, 2.75) is 43.1 Å². The lowest BCUT2D eigenvalue weighted by atomic mass is 9.92. The highest BCUT2D eigenvalue weighted by Crippen LogP contribution is 2.43. The van der Waals surface area contributed by atoms with Crippen LogP contribution in [0, 0.1) is 29.8 Å². The zero-order chi connectivity index (χ0) is 31.0. The monoisotopic (exact) mass is 614 g/mol. The van der Waals surface area contributed by atoms with Crippen LogP contribution in [0.15, 0.2) is 42.5 Å². The average molecular weight is 615 g/mol. The first-order valence-corrected chi connectivity index (χ1v) is 15.1. The van der Waals surface area contributed by atoms with Crippen molar-refractivity contribution >= 4 is 33.2 Å². The summed E-state index contributed by atoms with van der Waals surface area (Å²) in [5, 5.41) is 4.07. The van der Waals surface area contributed by atoms with Crippen molar-refractivity contribution in [1.29, 1.82) is 0 Å². The number of halogens is 4. The van der Waals surface area contributed by atoms with Crippen molar-refractivity contribution in [2.75, 3.05) is 43.4 Å². The quantitative estimate of drug-likeness (QED) is 0.140. The van der Waals surface area contributed by atoms with Crippen molar-refractivity contribution in [2.24, 2.45) is 0 Å². The molecule has 11 heteroatoms. The van der Waals surface area contributed by atoms with Crippen LogP contribution in [-0.2, 0) is 0 Å². The average Bonchev–Trinajstić information content (AvgIpc) is 3.67. The number of rotatable bonds is 5. The Hall–Kier alpha value is -4.40. The molecule has 0 aliphatic carbocycles. The maximum Gasteiger partial charge on any atom is 0.319 e. The minimum absolute atomic E-state index is 0.0203. The molecular weight excluding hydrogens is 584 g/mol. The molecule has 4 aromatic rings. The first-order valence-electron chi connectivity index (χ1n) is 15.1. The number of ether oxygens (including phenoxy) is 1. The minimum Gasteiger partial charge on any atom is -0.461 e. The number of piperazine rings is 1. The summed E-state index contributed by atoms with van der Waals surface area (Å²) >= 11 is 0. The van der Waals surface area contributed by atoms with E-state index < -0.39 is 29.2 Å². The van der Waals surface area contributed by atoms with Gasteiger partial charge in [0.05, 0.1) is 16.5 Å². The van der Waals surface area contributed by atoms with Gasteiger partial charge in [0.25, 0.3) is 0 Å². The molecule has 2 bridgehead atoms. The molecule has 3 N–H and O–H groups in total. The largest absolute Gasteiger partial charge is 0.461 e. The fourth-order valence-corrected chi connectivity index (χ4v) is 7.76. The number of nitrogen functional groups attached to an aromatic ring is 1. The summed E-state index contributed by atoms with van der Waals surface area (Å²) in [6.07, 6.45) is 10.8. The summed E-state index contributed by atoms with van der Waals surface area (Å²) in [5.74, 6) is 0.294. The summed E-state index contributed by atoms with van der Waals surface area (Å²) in [7, 11) is 0. The number of aromatic nitrogens is 2. The summed E-state index contributed by atoms with van der Waals surface area (Å²) in [6, 6.07) is 6.75. The van der Waals surface area contributed by atoms with E-state index in [0.717, 1.165) is 25.5 Å². The second-order valence-electron chi connectivity index (χ2n) is 12.5. The van der Waals surface area contributed by atoms with Crippen molar-refractivity contribution in [3.63, 3.8) is 0 Å². The number of alkyl halides is 1. The third-order valence-corrected chi connectivity index (χ3v) is 9.72. The van der Waals surface area contributed by atoms with Crippen LogP contribution in [0.1, 0.15) is 24.8 Å². The number of hydrogen-bond acceptors (Lipinski definition) is 7. The molecule has 3 saturated heterocycles. The number of hydrogen-bond donors (Lipinski definition) is 2. The van der Waals surface area contributed by atoms with Crippen LogP contribution >= 0.6 is 0 Å². The fourth-order valence-electron chi connectivity index (χ4n) is 7.76. The Balaban J connectivity index is 1.31. The van der Waals surface area contributed by atoms with Crippen molar-refractivity contribution in [3.05, 3.63) is 65.5 Å². The van der Waals surface area contributed by atoms with Gasteiger partial charge in [0.1, 0.15) is 35.7 Å². The molecule has 0 spiro atoms. The third-order valence-electron chi connectivity index (χ3n) is 9.72. The number of benzene rings is 3. The summed E-state index contributed by atoms with van der Waals surface area (Å²) in [4.78, 5) is 13.1. The van der Waals surface area contributed by atoms with Gasteiger partial charge in [-0.15, -0.1) is 6.42 Å². The van der Waals surface area contributed by atoms with Gasteiger partial charge in [0, 0.05) is 54.8 Å². The molecule has 3 aromatic carbocycles. The Kier molecular flexibility index (Phi) is 6.45. The zero-order valence-corrected chi connectivity index (χ0v) is 24.3. The molecule has 0 radical (unpaired) electrons. The Morgan fingerprint density at radius 1 is 1.02 bits per heavy atom. The normalized spacial score (nSPS) is 25.8. The fraction of sp³-hybridized carbons (Fsp3) is 0.353. The number of anilines is 2. The van der Waals surface area contributed by atoms with Crippen LogP contribution in [0.3, 0.4) is 0 Å². The number of terminal acetylenes is 1. The van der Waals surface area contributed by atoms with Crippen LogP contribution in [-0.4, -0.2) is 71.4 Å². The molecule has 230 valence electrons. The number of nitrogens with two attached hydrogens (primary N) is 1. The van der Waals surface area contributed by atoms with Crippen LogP contribution < -0.4 is 20.7 Å². The van der Waals surface area contributed by atoms with Gasteiger partial charge in [-0.05, 0) is 54.6 Å². The Labute approximate surface area is 257 Å². The molecule has 8 rings (SSSR count). The van der Waals surface area contributed by atoms with E-state index in [2.05, 4.69) is 38.3 Å². The Morgan fingerprint density at radius 2 is 1.82 bits per heavy atom. The maximum atomic E-state index is 16.8. The second-order valence-corrected chi connectivity index (χ2v) is 12.5. The molecule has 4 aliphatic rings. The highest BCUT2D eigenvalue weighted by atomic mass is 19.1. The van der Waals surface area contributed by atoms with Gasteiger partial charge in [0.15, 0.2) is 5.82 Å². The lowest BCUT2D eigenvalue weighted by molar-refractivity contribution is 0.107. The SMILES string of the molecule is C#Cc1c(F)ccc2cc(N)cc(-c3cc(F)c4c(N5CC6C=CC(C5)N6)nc(OC[C@@]56CCCN5C[C@H](F)C6)nc4c3F)c12. The van der Waals surface area contributed by atoms with E-state index in [0.29, 0.717) is 31.4 Å². The molecule has 45 heavy (non-hydrogen) atoms. The van der Waals surface area contributed by atoms with E-state index in [1.807, 2.05) is 4.90 Å². The smallest absolute Gasteiger partial charge is 0.319 e. The van der Waals surface area contributed by atoms with Gasteiger partial charge in [-0.25, -0.2) is 17.6 Å². The second kappa shape index (κ2) is 10.3. The first-order chi connectivity index (χ1) is 21.7. The summed E-state index contributed by atoms with van der Waals surface area (Å²) in [6.45, 7) is 2.21. The number of nitrogens with one attached hydrogen (secondary N) is 1. The van der Waals surface area contributed by atoms with Crippen molar-refractivity contribution < 1.29 is 22.3 Å². The van der Waals surface area contributed by atoms with E-state index in [9.17, 15) is 8.78 Å². The van der Waals surface area contributed by atoms with Gasteiger partial charge in [-0.3, -0.25) is 4.90 Å². The van der Waals surface area contributed by atoms with E-state index in [-0.39, 0.29) is 69.2 Å². The number of nitrogens with zero attached hydrogens (tertiary/aromatic N) is 4. The standard InChI is InChI=1S/C34H30F4N6O/c1-2-23-26(36)7-4-18-10-20(39)11-24(28(18)23)25-12-27(37)29-31(30(25)38)41-33(42-32(29)43-15-21-5-6-22(16-43)40-21)45-17-34-8-3-9-44(34)14-19(35)13-34/h1,4-7,10-12,19,21-22,40H,3,8-9,13-17,39H2/t19-,21?,22?,34+/m1/s1. The van der Waals surface area contributed by atoms with E-state index in [4.69, 9.17) is 16.9 Å². The topological polar surface area (TPSA) is 79.5 Å². The summed E-state index contributed by atoms with van der Waals surface area (Å²) < 4.78 is 68.6. The first kappa shape index (κ1) is 28.1. The van der Waals surface area contributed by atoms with Crippen LogP contribution in [0.2, 0.25) is 0 Å². The molecule has 3 fully saturated rings. The van der Waals surface area contributed by atoms with Crippen LogP contribution in [0.25, 0.3) is 32.8 Å². The lowest BCUT2D eigenvalue weighted by Gasteiger charge is -2.35.